The van der Waals surface area contributed by atoms with Crippen LogP contribution in [0.1, 0.15) is 38.1 Å². The number of rotatable bonds is 7. The second kappa shape index (κ2) is 7.51. The first-order chi connectivity index (χ1) is 12.1. The van der Waals surface area contributed by atoms with E-state index in [1.165, 1.54) is 5.56 Å². The lowest BCUT2D eigenvalue weighted by Crippen LogP contribution is -2.28. The average Bonchev–Trinajstić information content (AvgIpc) is 3.04. The molecule has 25 heavy (non-hydrogen) atoms. The summed E-state index contributed by atoms with van der Waals surface area (Å²) in [5, 5.41) is 3.02. The number of fused-ring (bicyclic) bond motifs is 1. The summed E-state index contributed by atoms with van der Waals surface area (Å²) in [7, 11) is 0. The van der Waals surface area contributed by atoms with Gasteiger partial charge in [0.1, 0.15) is 5.82 Å². The standard InChI is InChI=1S/C21H25N3O/c1-21(2,17-8-4-3-5-9-17)13-11-20(25)22-14-12-19-23-16-18-10-6-7-15-24(18)19/h3-10,15-16H,11-14H2,1-2H3,(H,22,25). The van der Waals surface area contributed by atoms with Gasteiger partial charge in [0.15, 0.2) is 0 Å². The van der Waals surface area contributed by atoms with Crippen molar-refractivity contribution in [1.29, 1.82) is 0 Å². The van der Waals surface area contributed by atoms with Crippen LogP contribution in [0.25, 0.3) is 5.52 Å². The van der Waals surface area contributed by atoms with Crippen LogP contribution in [0.3, 0.4) is 0 Å². The van der Waals surface area contributed by atoms with Crippen LogP contribution in [0.4, 0.5) is 0 Å². The molecule has 0 bridgehead atoms. The topological polar surface area (TPSA) is 46.4 Å². The summed E-state index contributed by atoms with van der Waals surface area (Å²) < 4.78 is 2.06. The number of carbonyl (C=O) groups excluding carboxylic acids is 1. The molecule has 3 rings (SSSR count). The van der Waals surface area contributed by atoms with Gasteiger partial charge in [-0.25, -0.2) is 4.98 Å². The predicted octanol–water partition coefficient (Wildman–Crippen LogP) is 3.75. The van der Waals surface area contributed by atoms with E-state index in [2.05, 4.69) is 40.7 Å². The number of carbonyl (C=O) groups is 1. The normalized spacial score (nSPS) is 11.6. The Bertz CT molecular complexity index is 836. The molecule has 1 N–H and O–H groups in total. The first-order valence-electron chi connectivity index (χ1n) is 8.79. The molecule has 0 saturated heterocycles. The van der Waals surface area contributed by atoms with Crippen molar-refractivity contribution >= 4 is 11.4 Å². The fraction of sp³-hybridized carbons (Fsp3) is 0.333. The minimum Gasteiger partial charge on any atom is -0.356 e. The van der Waals surface area contributed by atoms with E-state index in [-0.39, 0.29) is 11.3 Å². The molecular weight excluding hydrogens is 310 g/mol. The minimum atomic E-state index is -0.00210. The summed E-state index contributed by atoms with van der Waals surface area (Å²) in [6.45, 7) is 4.98. The first kappa shape index (κ1) is 17.2. The zero-order chi connectivity index (χ0) is 17.7. The molecule has 0 radical (unpaired) electrons. The van der Waals surface area contributed by atoms with Gasteiger partial charge in [-0.1, -0.05) is 50.2 Å². The lowest BCUT2D eigenvalue weighted by molar-refractivity contribution is -0.121. The molecule has 0 spiro atoms. The highest BCUT2D eigenvalue weighted by molar-refractivity contribution is 5.76. The van der Waals surface area contributed by atoms with E-state index in [1.54, 1.807) is 0 Å². The van der Waals surface area contributed by atoms with E-state index >= 15 is 0 Å². The second-order valence-electron chi connectivity index (χ2n) is 7.02. The van der Waals surface area contributed by atoms with E-state index < -0.39 is 0 Å². The fourth-order valence-corrected chi connectivity index (χ4v) is 3.05. The molecule has 4 nitrogen and oxygen atoms in total. The number of nitrogens with zero attached hydrogens (tertiary/aromatic N) is 2. The van der Waals surface area contributed by atoms with Gasteiger partial charge in [0.25, 0.3) is 0 Å². The molecular formula is C21H25N3O. The Hall–Kier alpha value is -2.62. The zero-order valence-corrected chi connectivity index (χ0v) is 14.9. The van der Waals surface area contributed by atoms with Gasteiger partial charge in [-0.05, 0) is 29.5 Å². The largest absolute Gasteiger partial charge is 0.356 e. The summed E-state index contributed by atoms with van der Waals surface area (Å²) in [4.78, 5) is 16.6. The van der Waals surface area contributed by atoms with Gasteiger partial charge < -0.3 is 9.72 Å². The van der Waals surface area contributed by atoms with Crippen molar-refractivity contribution in [1.82, 2.24) is 14.7 Å². The smallest absolute Gasteiger partial charge is 0.220 e. The first-order valence-corrected chi connectivity index (χ1v) is 8.79. The van der Waals surface area contributed by atoms with Gasteiger partial charge in [0, 0.05) is 25.6 Å². The number of amides is 1. The number of benzene rings is 1. The highest BCUT2D eigenvalue weighted by atomic mass is 16.1. The SMILES string of the molecule is CC(C)(CCC(=O)NCCc1ncc2ccccn12)c1ccccc1. The van der Waals surface area contributed by atoms with Gasteiger partial charge in [-0.15, -0.1) is 0 Å². The Morgan fingerprint density at radius 1 is 1.12 bits per heavy atom. The quantitative estimate of drug-likeness (QED) is 0.715. The van der Waals surface area contributed by atoms with Gasteiger partial charge in [0.05, 0.1) is 11.7 Å². The highest BCUT2D eigenvalue weighted by Gasteiger charge is 2.21. The monoisotopic (exact) mass is 335 g/mol. The maximum atomic E-state index is 12.2. The summed E-state index contributed by atoms with van der Waals surface area (Å²) in [6.07, 6.45) is 5.95. The third-order valence-corrected chi connectivity index (χ3v) is 4.72. The molecule has 0 aliphatic carbocycles. The van der Waals surface area contributed by atoms with Gasteiger partial charge in [-0.3, -0.25) is 4.79 Å². The van der Waals surface area contributed by atoms with Crippen LogP contribution in [-0.4, -0.2) is 21.8 Å². The van der Waals surface area contributed by atoms with Crippen LogP contribution in [0.15, 0.2) is 60.9 Å². The Balaban J connectivity index is 1.47. The summed E-state index contributed by atoms with van der Waals surface area (Å²) in [6, 6.07) is 16.4. The van der Waals surface area contributed by atoms with Crippen molar-refractivity contribution in [2.24, 2.45) is 0 Å². The summed E-state index contributed by atoms with van der Waals surface area (Å²) in [5.74, 6) is 1.07. The molecule has 130 valence electrons. The van der Waals surface area contributed by atoms with Crippen LogP contribution in [-0.2, 0) is 16.6 Å². The minimum absolute atomic E-state index is 0.00210. The molecule has 0 atom stereocenters. The molecule has 1 aromatic carbocycles. The molecule has 0 aliphatic rings. The third kappa shape index (κ3) is 4.27. The van der Waals surface area contributed by atoms with E-state index in [4.69, 9.17) is 0 Å². The number of imidazole rings is 1. The van der Waals surface area contributed by atoms with Gasteiger partial charge in [-0.2, -0.15) is 0 Å². The van der Waals surface area contributed by atoms with E-state index in [0.29, 0.717) is 13.0 Å². The van der Waals surface area contributed by atoms with Crippen LogP contribution >= 0.6 is 0 Å². The van der Waals surface area contributed by atoms with Gasteiger partial charge in [0.2, 0.25) is 5.91 Å². The second-order valence-corrected chi connectivity index (χ2v) is 7.02. The third-order valence-electron chi connectivity index (χ3n) is 4.72. The van der Waals surface area contributed by atoms with Gasteiger partial charge >= 0.3 is 0 Å². The Morgan fingerprint density at radius 2 is 1.88 bits per heavy atom. The molecule has 2 aromatic heterocycles. The molecule has 2 heterocycles. The van der Waals surface area contributed by atoms with Crippen LogP contribution < -0.4 is 5.32 Å². The average molecular weight is 335 g/mol. The Labute approximate surface area is 148 Å². The molecule has 4 heteroatoms. The number of pyridine rings is 1. The molecule has 0 unspecified atom stereocenters. The number of hydrogen-bond acceptors (Lipinski definition) is 2. The van der Waals surface area contributed by atoms with Crippen molar-refractivity contribution < 1.29 is 4.79 Å². The molecule has 0 fully saturated rings. The van der Waals surface area contributed by atoms with Crippen LogP contribution in [0.5, 0.6) is 0 Å². The van der Waals surface area contributed by atoms with Crippen LogP contribution in [0, 0.1) is 0 Å². The number of nitrogens with one attached hydrogen (secondary N) is 1. The number of hydrogen-bond donors (Lipinski definition) is 1. The molecule has 1 amide bonds. The van der Waals surface area contributed by atoms with Crippen LogP contribution in [0.2, 0.25) is 0 Å². The van der Waals surface area contributed by atoms with E-state index in [9.17, 15) is 4.79 Å². The van der Waals surface area contributed by atoms with Crippen molar-refractivity contribution in [2.75, 3.05) is 6.54 Å². The fourth-order valence-electron chi connectivity index (χ4n) is 3.05. The number of aromatic nitrogens is 2. The summed E-state index contributed by atoms with van der Waals surface area (Å²) >= 11 is 0. The maximum Gasteiger partial charge on any atom is 0.220 e. The van der Waals surface area contributed by atoms with Crippen molar-refractivity contribution in [3.63, 3.8) is 0 Å². The summed E-state index contributed by atoms with van der Waals surface area (Å²) in [5.41, 5.74) is 2.35. The zero-order valence-electron chi connectivity index (χ0n) is 14.9. The predicted molar refractivity (Wildman–Crippen MR) is 101 cm³/mol. The maximum absolute atomic E-state index is 12.2. The van der Waals surface area contributed by atoms with E-state index in [1.807, 2.05) is 48.8 Å². The lowest BCUT2D eigenvalue weighted by atomic mass is 9.80. The molecule has 0 aliphatic heterocycles. The Kier molecular flexibility index (Phi) is 5.17. The lowest BCUT2D eigenvalue weighted by Gasteiger charge is -2.25. The highest BCUT2D eigenvalue weighted by Crippen LogP contribution is 2.27. The molecule has 3 aromatic rings. The molecule has 0 saturated carbocycles. The Morgan fingerprint density at radius 3 is 2.68 bits per heavy atom. The van der Waals surface area contributed by atoms with Crippen molar-refractivity contribution in [3.05, 3.63) is 72.3 Å². The van der Waals surface area contributed by atoms with Crippen molar-refractivity contribution in [2.45, 2.75) is 38.5 Å². The van der Waals surface area contributed by atoms with E-state index in [0.717, 1.165) is 24.2 Å². The van der Waals surface area contributed by atoms with Crippen molar-refractivity contribution in [3.8, 4) is 0 Å².